The van der Waals surface area contributed by atoms with Crippen molar-refractivity contribution in [1.29, 1.82) is 0 Å². The van der Waals surface area contributed by atoms with Crippen molar-refractivity contribution in [3.05, 3.63) is 72.9 Å². The maximum Gasteiger partial charge on any atom is 0.306 e. The van der Waals surface area contributed by atoms with Crippen LogP contribution in [0.15, 0.2) is 72.9 Å². The van der Waals surface area contributed by atoms with E-state index in [1.54, 1.807) is 0 Å². The first kappa shape index (κ1) is 71.8. The first-order chi connectivity index (χ1) is 37.0. The Morgan fingerprint density at radius 3 is 0.827 bits per heavy atom. The van der Waals surface area contributed by atoms with Gasteiger partial charge < -0.3 is 14.2 Å². The second kappa shape index (κ2) is 63.4. The van der Waals surface area contributed by atoms with E-state index in [9.17, 15) is 14.4 Å². The highest BCUT2D eigenvalue weighted by Gasteiger charge is 2.19. The van der Waals surface area contributed by atoms with Gasteiger partial charge in [-0.2, -0.15) is 0 Å². The molecule has 0 aliphatic heterocycles. The minimum atomic E-state index is -0.776. The molecule has 1 atom stereocenters. The molecule has 1 unspecified atom stereocenters. The van der Waals surface area contributed by atoms with Crippen LogP contribution in [0.1, 0.15) is 329 Å². The minimum absolute atomic E-state index is 0.0737. The summed E-state index contributed by atoms with van der Waals surface area (Å²) in [6, 6.07) is 0. The van der Waals surface area contributed by atoms with Gasteiger partial charge in [0.1, 0.15) is 13.2 Å². The monoisotopic (exact) mass is 1050 g/mol. The molecule has 0 aliphatic rings. The van der Waals surface area contributed by atoms with Gasteiger partial charge in [0.15, 0.2) is 6.10 Å². The summed E-state index contributed by atoms with van der Waals surface area (Å²) >= 11 is 0. The van der Waals surface area contributed by atoms with Crippen LogP contribution in [0.5, 0.6) is 0 Å². The van der Waals surface area contributed by atoms with Crippen LogP contribution in [0.2, 0.25) is 0 Å². The molecule has 0 N–H and O–H groups in total. The van der Waals surface area contributed by atoms with Gasteiger partial charge in [0.25, 0.3) is 0 Å². The number of carbonyl (C=O) groups excluding carboxylic acids is 3. The fraction of sp³-hybridized carbons (Fsp3) is 0.783. The fourth-order valence-electron chi connectivity index (χ4n) is 9.35. The van der Waals surface area contributed by atoms with Gasteiger partial charge in [-0.15, -0.1) is 0 Å². The molecular formula is C69H122O6. The van der Waals surface area contributed by atoms with Crippen molar-refractivity contribution in [1.82, 2.24) is 0 Å². The van der Waals surface area contributed by atoms with Gasteiger partial charge in [0, 0.05) is 19.3 Å². The third-order valence-corrected chi connectivity index (χ3v) is 14.2. The molecule has 0 aromatic carbocycles. The standard InChI is InChI=1S/C69H122O6/c1-4-7-10-13-16-19-22-24-26-27-28-29-30-31-32-33-34-35-36-37-38-39-40-41-43-44-47-50-53-56-59-62-68(71)74-65-66(64-73-67(70)61-58-55-52-49-46-21-18-15-12-9-6-3)75-69(72)63-60-57-54-51-48-45-42-25-23-20-17-14-11-8-5-2/h7,10,16,19,24-26,28-29,31-32,42,66H,4-6,8-9,11-15,17-18,20-23,27,30,33-41,43-65H2,1-3H3/b10-7-,19-16-,26-24-,29-28-,32-31-,42-25-. The van der Waals surface area contributed by atoms with E-state index in [1.165, 1.54) is 193 Å². The molecule has 434 valence electrons. The lowest BCUT2D eigenvalue weighted by Gasteiger charge is -2.18. The van der Waals surface area contributed by atoms with Gasteiger partial charge in [-0.25, -0.2) is 0 Å². The maximum atomic E-state index is 12.9. The molecule has 0 aromatic rings. The zero-order valence-corrected chi connectivity index (χ0v) is 49.8. The van der Waals surface area contributed by atoms with Gasteiger partial charge in [-0.3, -0.25) is 14.4 Å². The molecule has 6 nitrogen and oxygen atoms in total. The summed E-state index contributed by atoms with van der Waals surface area (Å²) in [7, 11) is 0. The summed E-state index contributed by atoms with van der Waals surface area (Å²) in [6.07, 6.45) is 82.1. The Hall–Kier alpha value is -3.15. The van der Waals surface area contributed by atoms with Crippen molar-refractivity contribution >= 4 is 17.9 Å². The second-order valence-corrected chi connectivity index (χ2v) is 21.6. The summed E-state index contributed by atoms with van der Waals surface area (Å²) in [5.74, 6) is -0.867. The number of hydrogen-bond acceptors (Lipinski definition) is 6. The summed E-state index contributed by atoms with van der Waals surface area (Å²) in [5.41, 5.74) is 0. The van der Waals surface area contributed by atoms with E-state index in [4.69, 9.17) is 14.2 Å². The molecule has 0 aromatic heterocycles. The third kappa shape index (κ3) is 61.6. The molecule has 75 heavy (non-hydrogen) atoms. The van der Waals surface area contributed by atoms with Gasteiger partial charge in [-0.05, 0) is 89.9 Å². The molecular weight excluding hydrogens is 925 g/mol. The van der Waals surface area contributed by atoms with Crippen LogP contribution in [0, 0.1) is 0 Å². The molecule has 0 saturated carbocycles. The van der Waals surface area contributed by atoms with Crippen molar-refractivity contribution in [3.8, 4) is 0 Å². The largest absolute Gasteiger partial charge is 0.462 e. The Bertz CT molecular complexity index is 1390. The molecule has 0 spiro atoms. The Morgan fingerprint density at radius 1 is 0.280 bits per heavy atom. The van der Waals surface area contributed by atoms with Crippen LogP contribution in [0.3, 0.4) is 0 Å². The van der Waals surface area contributed by atoms with Crippen molar-refractivity contribution in [2.24, 2.45) is 0 Å². The van der Waals surface area contributed by atoms with Crippen molar-refractivity contribution < 1.29 is 28.6 Å². The number of ether oxygens (including phenoxy) is 3. The number of rotatable bonds is 59. The van der Waals surface area contributed by atoms with Gasteiger partial charge in [0.2, 0.25) is 0 Å². The molecule has 6 heteroatoms. The molecule has 0 heterocycles. The van der Waals surface area contributed by atoms with Crippen molar-refractivity contribution in [3.63, 3.8) is 0 Å². The minimum Gasteiger partial charge on any atom is -0.462 e. The van der Waals surface area contributed by atoms with E-state index >= 15 is 0 Å². The fourth-order valence-corrected chi connectivity index (χ4v) is 9.35. The van der Waals surface area contributed by atoms with Crippen LogP contribution >= 0.6 is 0 Å². The normalized spacial score (nSPS) is 12.5. The smallest absolute Gasteiger partial charge is 0.306 e. The van der Waals surface area contributed by atoms with Crippen LogP contribution in [-0.2, 0) is 28.6 Å². The molecule has 0 rings (SSSR count). The highest BCUT2D eigenvalue weighted by molar-refractivity contribution is 5.71. The zero-order valence-electron chi connectivity index (χ0n) is 49.8. The topological polar surface area (TPSA) is 78.9 Å². The molecule has 0 bridgehead atoms. The van der Waals surface area contributed by atoms with E-state index in [0.717, 1.165) is 96.3 Å². The predicted octanol–water partition coefficient (Wildman–Crippen LogP) is 22.1. The molecule has 0 saturated heterocycles. The van der Waals surface area contributed by atoms with Crippen molar-refractivity contribution in [2.45, 2.75) is 335 Å². The number of hydrogen-bond donors (Lipinski definition) is 0. The third-order valence-electron chi connectivity index (χ3n) is 14.2. The van der Waals surface area contributed by atoms with Crippen LogP contribution < -0.4 is 0 Å². The van der Waals surface area contributed by atoms with Gasteiger partial charge >= 0.3 is 17.9 Å². The predicted molar refractivity (Wildman–Crippen MR) is 325 cm³/mol. The Morgan fingerprint density at radius 2 is 0.520 bits per heavy atom. The summed E-state index contributed by atoms with van der Waals surface area (Å²) in [5, 5.41) is 0. The Labute approximate surface area is 465 Å². The van der Waals surface area contributed by atoms with Crippen LogP contribution in [0.25, 0.3) is 0 Å². The molecule has 0 radical (unpaired) electrons. The zero-order chi connectivity index (χ0) is 54.3. The first-order valence-corrected chi connectivity index (χ1v) is 32.4. The lowest BCUT2D eigenvalue weighted by Crippen LogP contribution is -2.30. The second-order valence-electron chi connectivity index (χ2n) is 21.6. The van der Waals surface area contributed by atoms with E-state index < -0.39 is 6.10 Å². The van der Waals surface area contributed by atoms with Crippen molar-refractivity contribution in [2.75, 3.05) is 13.2 Å². The van der Waals surface area contributed by atoms with E-state index in [2.05, 4.69) is 93.7 Å². The summed E-state index contributed by atoms with van der Waals surface area (Å²) in [6.45, 7) is 6.54. The highest BCUT2D eigenvalue weighted by atomic mass is 16.6. The van der Waals surface area contributed by atoms with E-state index in [-0.39, 0.29) is 31.1 Å². The number of carbonyl (C=O) groups is 3. The maximum absolute atomic E-state index is 12.9. The average molecular weight is 1050 g/mol. The summed E-state index contributed by atoms with van der Waals surface area (Å²) < 4.78 is 16.9. The molecule has 0 aliphatic carbocycles. The van der Waals surface area contributed by atoms with E-state index in [0.29, 0.717) is 19.3 Å². The Balaban J connectivity index is 4.14. The summed E-state index contributed by atoms with van der Waals surface area (Å²) in [4.78, 5) is 38.2. The average Bonchev–Trinajstić information content (AvgIpc) is 3.41. The van der Waals surface area contributed by atoms with E-state index in [1.807, 2.05) is 0 Å². The number of unbranched alkanes of at least 4 members (excludes halogenated alkanes) is 36. The SMILES string of the molecule is CC/C=C\C/C=C\C/C=C\C/C=C\C/C=C\CCCCCCCCCCCCCCCCCC(=O)OCC(COC(=O)CCCCCCCCCCCCC)OC(=O)CCCCCCC/C=C\CCCCCCCC. The molecule has 0 amide bonds. The highest BCUT2D eigenvalue weighted by Crippen LogP contribution is 2.17. The van der Waals surface area contributed by atoms with Gasteiger partial charge in [0.05, 0.1) is 0 Å². The first-order valence-electron chi connectivity index (χ1n) is 32.4. The Kier molecular flexibility index (Phi) is 60.7. The lowest BCUT2D eigenvalue weighted by molar-refractivity contribution is -0.167. The molecule has 0 fully saturated rings. The van der Waals surface area contributed by atoms with Crippen LogP contribution in [-0.4, -0.2) is 37.2 Å². The number of allylic oxidation sites excluding steroid dienone is 12. The van der Waals surface area contributed by atoms with Crippen LogP contribution in [0.4, 0.5) is 0 Å². The lowest BCUT2D eigenvalue weighted by atomic mass is 10.0. The van der Waals surface area contributed by atoms with Gasteiger partial charge in [-0.1, -0.05) is 293 Å². The quantitative estimate of drug-likeness (QED) is 0.0261. The number of esters is 3.